The average molecular weight is 247 g/mol. The van der Waals surface area contributed by atoms with Gasteiger partial charge in [0.15, 0.2) is 0 Å². The predicted molar refractivity (Wildman–Crippen MR) is 66.0 cm³/mol. The summed E-state index contributed by atoms with van der Waals surface area (Å²) in [7, 11) is 0. The first kappa shape index (κ1) is 15.2. The summed E-state index contributed by atoms with van der Waals surface area (Å²) in [5.41, 5.74) is 6.61. The van der Waals surface area contributed by atoms with E-state index in [-0.39, 0.29) is 31.2 Å². The van der Waals surface area contributed by atoms with Gasteiger partial charge in [0.2, 0.25) is 5.88 Å². The molecule has 0 aromatic carbocycles. The molecule has 0 saturated heterocycles. The van der Waals surface area contributed by atoms with Gasteiger partial charge < -0.3 is 15.6 Å². The quantitative estimate of drug-likeness (QED) is 0.818. The molecule has 1 aromatic rings. The van der Waals surface area contributed by atoms with Crippen LogP contribution in [-0.4, -0.2) is 28.8 Å². The minimum atomic E-state index is -0.260. The van der Waals surface area contributed by atoms with Gasteiger partial charge in [0.1, 0.15) is 0 Å². The summed E-state index contributed by atoms with van der Waals surface area (Å²) in [5, 5.41) is 8.88. The van der Waals surface area contributed by atoms with Gasteiger partial charge in [0.25, 0.3) is 0 Å². The number of rotatable bonds is 5. The molecule has 1 aromatic heterocycles. The van der Waals surface area contributed by atoms with E-state index in [0.29, 0.717) is 12.3 Å². The molecule has 16 heavy (non-hydrogen) atoms. The van der Waals surface area contributed by atoms with Gasteiger partial charge in [-0.25, -0.2) is 4.98 Å². The standard InChI is InChI=1S/C11H18N2O2.ClH/c1-8(2)15-11-9(4-3-5-13-11)6-10(12)7-14;/h3-5,8,10,14H,6-7,12H2,1-2H3;1H. The summed E-state index contributed by atoms with van der Waals surface area (Å²) < 4.78 is 5.54. The van der Waals surface area contributed by atoms with Crippen molar-refractivity contribution in [2.75, 3.05) is 6.61 Å². The largest absolute Gasteiger partial charge is 0.475 e. The minimum absolute atomic E-state index is 0. The highest BCUT2D eigenvalue weighted by molar-refractivity contribution is 5.85. The van der Waals surface area contributed by atoms with Gasteiger partial charge in [-0.2, -0.15) is 0 Å². The highest BCUT2D eigenvalue weighted by atomic mass is 35.5. The summed E-state index contributed by atoms with van der Waals surface area (Å²) in [6.45, 7) is 3.87. The number of aliphatic hydroxyl groups is 1. The van der Waals surface area contributed by atoms with E-state index in [1.54, 1.807) is 6.20 Å². The van der Waals surface area contributed by atoms with E-state index < -0.39 is 0 Å². The lowest BCUT2D eigenvalue weighted by molar-refractivity contribution is 0.227. The normalized spacial score (nSPS) is 12.1. The second-order valence-electron chi connectivity index (χ2n) is 3.78. The smallest absolute Gasteiger partial charge is 0.216 e. The van der Waals surface area contributed by atoms with Crippen LogP contribution in [0.5, 0.6) is 5.88 Å². The number of nitrogens with zero attached hydrogens (tertiary/aromatic N) is 1. The zero-order valence-electron chi connectivity index (χ0n) is 9.59. The van der Waals surface area contributed by atoms with Crippen LogP contribution in [0.4, 0.5) is 0 Å². The van der Waals surface area contributed by atoms with Gasteiger partial charge in [-0.1, -0.05) is 6.07 Å². The zero-order valence-corrected chi connectivity index (χ0v) is 10.4. The fourth-order valence-corrected chi connectivity index (χ4v) is 1.26. The molecule has 0 spiro atoms. The lowest BCUT2D eigenvalue weighted by Gasteiger charge is -2.14. The van der Waals surface area contributed by atoms with Crippen LogP contribution in [0.3, 0.4) is 0 Å². The number of halogens is 1. The maximum Gasteiger partial charge on any atom is 0.216 e. The van der Waals surface area contributed by atoms with Crippen molar-refractivity contribution in [1.29, 1.82) is 0 Å². The Hall–Kier alpha value is -0.840. The molecule has 0 radical (unpaired) electrons. The number of nitrogens with two attached hydrogens (primary N) is 1. The molecule has 3 N–H and O–H groups in total. The fraction of sp³-hybridized carbons (Fsp3) is 0.545. The number of pyridine rings is 1. The SMILES string of the molecule is CC(C)Oc1ncccc1CC(N)CO.Cl. The van der Waals surface area contributed by atoms with Crippen molar-refractivity contribution in [3.05, 3.63) is 23.9 Å². The van der Waals surface area contributed by atoms with Gasteiger partial charge in [0, 0.05) is 17.8 Å². The fourth-order valence-electron chi connectivity index (χ4n) is 1.26. The first-order valence-electron chi connectivity index (χ1n) is 5.10. The van der Waals surface area contributed by atoms with E-state index in [9.17, 15) is 0 Å². The Morgan fingerprint density at radius 2 is 2.19 bits per heavy atom. The molecule has 0 amide bonds. The molecular formula is C11H19ClN2O2. The van der Waals surface area contributed by atoms with Gasteiger partial charge >= 0.3 is 0 Å². The molecule has 1 atom stereocenters. The van der Waals surface area contributed by atoms with Crippen LogP contribution in [0, 0.1) is 0 Å². The molecule has 0 saturated carbocycles. The van der Waals surface area contributed by atoms with Crippen LogP contribution in [0.1, 0.15) is 19.4 Å². The third-order valence-corrected chi connectivity index (χ3v) is 1.91. The summed E-state index contributed by atoms with van der Waals surface area (Å²) in [6.07, 6.45) is 2.35. The Morgan fingerprint density at radius 3 is 2.75 bits per heavy atom. The van der Waals surface area contributed by atoms with E-state index >= 15 is 0 Å². The Morgan fingerprint density at radius 1 is 1.50 bits per heavy atom. The maximum absolute atomic E-state index is 8.88. The Kier molecular flexibility index (Phi) is 7.05. The van der Waals surface area contributed by atoms with Crippen molar-refractivity contribution in [3.63, 3.8) is 0 Å². The number of ether oxygens (including phenoxy) is 1. The van der Waals surface area contributed by atoms with Gasteiger partial charge in [-0.15, -0.1) is 12.4 Å². The van der Waals surface area contributed by atoms with Crippen molar-refractivity contribution >= 4 is 12.4 Å². The molecule has 92 valence electrons. The van der Waals surface area contributed by atoms with Gasteiger partial charge in [0.05, 0.1) is 12.7 Å². The molecule has 1 heterocycles. The van der Waals surface area contributed by atoms with Gasteiger partial charge in [-0.3, -0.25) is 0 Å². The lowest BCUT2D eigenvalue weighted by Crippen LogP contribution is -2.27. The zero-order chi connectivity index (χ0) is 11.3. The first-order chi connectivity index (χ1) is 7.13. The van der Waals surface area contributed by atoms with Crippen molar-refractivity contribution in [3.8, 4) is 5.88 Å². The maximum atomic E-state index is 8.88. The molecule has 0 bridgehead atoms. The predicted octanol–water partition coefficient (Wildman–Crippen LogP) is 1.15. The van der Waals surface area contributed by atoms with E-state index in [2.05, 4.69) is 4.98 Å². The van der Waals surface area contributed by atoms with Crippen LogP contribution in [-0.2, 0) is 6.42 Å². The first-order valence-corrected chi connectivity index (χ1v) is 5.10. The average Bonchev–Trinajstić information content (AvgIpc) is 2.20. The number of hydrogen-bond acceptors (Lipinski definition) is 4. The summed E-state index contributed by atoms with van der Waals surface area (Å²) in [5.74, 6) is 0.608. The molecule has 1 unspecified atom stereocenters. The third-order valence-electron chi connectivity index (χ3n) is 1.91. The van der Waals surface area contributed by atoms with Gasteiger partial charge in [-0.05, 0) is 26.3 Å². The number of aromatic nitrogens is 1. The Labute approximate surface area is 102 Å². The van der Waals surface area contributed by atoms with E-state index in [1.165, 1.54) is 0 Å². The van der Waals surface area contributed by atoms with Crippen LogP contribution in [0.2, 0.25) is 0 Å². The highest BCUT2D eigenvalue weighted by Crippen LogP contribution is 2.17. The van der Waals surface area contributed by atoms with Crippen molar-refractivity contribution in [1.82, 2.24) is 4.98 Å². The molecule has 1 rings (SSSR count). The highest BCUT2D eigenvalue weighted by Gasteiger charge is 2.10. The monoisotopic (exact) mass is 246 g/mol. The third kappa shape index (κ3) is 4.79. The van der Waals surface area contributed by atoms with Crippen LogP contribution in [0.25, 0.3) is 0 Å². The van der Waals surface area contributed by atoms with E-state index in [4.69, 9.17) is 15.6 Å². The second kappa shape index (κ2) is 7.44. The van der Waals surface area contributed by atoms with Crippen molar-refractivity contribution < 1.29 is 9.84 Å². The van der Waals surface area contributed by atoms with Crippen LogP contribution < -0.4 is 10.5 Å². The summed E-state index contributed by atoms with van der Waals surface area (Å²) >= 11 is 0. The molecule has 5 heteroatoms. The number of hydrogen-bond donors (Lipinski definition) is 2. The molecule has 0 aliphatic carbocycles. The topological polar surface area (TPSA) is 68.4 Å². The Bertz CT molecular complexity index is 308. The van der Waals surface area contributed by atoms with Crippen LogP contribution >= 0.6 is 12.4 Å². The molecular weight excluding hydrogens is 228 g/mol. The van der Waals surface area contributed by atoms with Crippen molar-refractivity contribution in [2.45, 2.75) is 32.4 Å². The Balaban J connectivity index is 0.00000225. The molecule has 0 aliphatic heterocycles. The molecule has 0 aliphatic rings. The second-order valence-corrected chi connectivity index (χ2v) is 3.78. The minimum Gasteiger partial charge on any atom is -0.475 e. The summed E-state index contributed by atoms with van der Waals surface area (Å²) in [4.78, 5) is 4.15. The summed E-state index contributed by atoms with van der Waals surface area (Å²) in [6, 6.07) is 3.50. The number of aliphatic hydroxyl groups excluding tert-OH is 1. The van der Waals surface area contributed by atoms with E-state index in [1.807, 2.05) is 26.0 Å². The van der Waals surface area contributed by atoms with Crippen molar-refractivity contribution in [2.24, 2.45) is 5.73 Å². The van der Waals surface area contributed by atoms with Crippen LogP contribution in [0.15, 0.2) is 18.3 Å². The van der Waals surface area contributed by atoms with E-state index in [0.717, 1.165) is 5.56 Å². The molecule has 0 fully saturated rings. The lowest BCUT2D eigenvalue weighted by atomic mass is 10.1. The molecule has 4 nitrogen and oxygen atoms in total.